The molecule has 0 saturated heterocycles. The smallest absolute Gasteiger partial charge is 0.354 e. The summed E-state index contributed by atoms with van der Waals surface area (Å²) in [5, 5.41) is 8.96. The SMILES string of the molecule is Cc1ccc(N(C)Cc2ccnc(C(=O)O)c2)c(C)c1. The quantitative estimate of drug-likeness (QED) is 0.927. The molecule has 4 heteroatoms. The minimum Gasteiger partial charge on any atom is -0.477 e. The third kappa shape index (κ3) is 3.15. The lowest BCUT2D eigenvalue weighted by atomic mass is 10.1. The average Bonchev–Trinajstić information content (AvgIpc) is 2.38. The number of anilines is 1. The van der Waals surface area contributed by atoms with Crippen LogP contribution in [0.25, 0.3) is 0 Å². The van der Waals surface area contributed by atoms with E-state index in [9.17, 15) is 4.79 Å². The van der Waals surface area contributed by atoms with Gasteiger partial charge in [-0.2, -0.15) is 0 Å². The molecule has 1 aromatic heterocycles. The van der Waals surface area contributed by atoms with E-state index in [4.69, 9.17) is 5.11 Å². The molecule has 0 spiro atoms. The van der Waals surface area contributed by atoms with E-state index >= 15 is 0 Å². The zero-order chi connectivity index (χ0) is 14.7. The number of hydrogen-bond acceptors (Lipinski definition) is 3. The summed E-state index contributed by atoms with van der Waals surface area (Å²) in [5.41, 5.74) is 4.59. The number of hydrogen-bond donors (Lipinski definition) is 1. The summed E-state index contributed by atoms with van der Waals surface area (Å²) in [5.74, 6) is -0.999. The Morgan fingerprint density at radius 3 is 2.65 bits per heavy atom. The number of carbonyl (C=O) groups is 1. The van der Waals surface area contributed by atoms with E-state index in [2.05, 4.69) is 41.9 Å². The molecule has 0 amide bonds. The number of carboxylic acids is 1. The minimum atomic E-state index is -0.999. The first kappa shape index (κ1) is 14.1. The first-order chi connectivity index (χ1) is 9.47. The molecule has 0 bridgehead atoms. The lowest BCUT2D eigenvalue weighted by Gasteiger charge is -2.22. The fourth-order valence-corrected chi connectivity index (χ4v) is 2.28. The molecular weight excluding hydrogens is 252 g/mol. The molecule has 1 heterocycles. The van der Waals surface area contributed by atoms with Crippen molar-refractivity contribution in [2.75, 3.05) is 11.9 Å². The summed E-state index contributed by atoms with van der Waals surface area (Å²) < 4.78 is 0. The van der Waals surface area contributed by atoms with Gasteiger partial charge in [-0.15, -0.1) is 0 Å². The van der Waals surface area contributed by atoms with Crippen LogP contribution < -0.4 is 4.90 Å². The number of aromatic carboxylic acids is 1. The van der Waals surface area contributed by atoms with Crippen molar-refractivity contribution in [3.8, 4) is 0 Å². The molecule has 0 saturated carbocycles. The van der Waals surface area contributed by atoms with Gasteiger partial charge in [0.05, 0.1) is 0 Å². The zero-order valence-corrected chi connectivity index (χ0v) is 11.9. The van der Waals surface area contributed by atoms with Crippen molar-refractivity contribution in [2.24, 2.45) is 0 Å². The fourth-order valence-electron chi connectivity index (χ4n) is 2.28. The van der Waals surface area contributed by atoms with E-state index in [-0.39, 0.29) is 5.69 Å². The Morgan fingerprint density at radius 1 is 1.25 bits per heavy atom. The highest BCUT2D eigenvalue weighted by Crippen LogP contribution is 2.21. The maximum Gasteiger partial charge on any atom is 0.354 e. The maximum atomic E-state index is 10.9. The summed E-state index contributed by atoms with van der Waals surface area (Å²) in [6, 6.07) is 9.76. The van der Waals surface area contributed by atoms with Gasteiger partial charge in [-0.25, -0.2) is 9.78 Å². The second kappa shape index (κ2) is 5.74. The monoisotopic (exact) mass is 270 g/mol. The Labute approximate surface area is 118 Å². The second-order valence-electron chi connectivity index (χ2n) is 5.00. The van der Waals surface area contributed by atoms with Crippen molar-refractivity contribution in [1.82, 2.24) is 4.98 Å². The fraction of sp³-hybridized carbons (Fsp3) is 0.250. The van der Waals surface area contributed by atoms with Crippen LogP contribution in [0.15, 0.2) is 36.5 Å². The Hall–Kier alpha value is -2.36. The van der Waals surface area contributed by atoms with Gasteiger partial charge >= 0.3 is 5.97 Å². The van der Waals surface area contributed by atoms with Crippen LogP contribution >= 0.6 is 0 Å². The maximum absolute atomic E-state index is 10.9. The molecule has 4 nitrogen and oxygen atoms in total. The molecule has 0 atom stereocenters. The van der Waals surface area contributed by atoms with E-state index in [1.165, 1.54) is 17.3 Å². The number of benzene rings is 1. The van der Waals surface area contributed by atoms with Crippen LogP contribution in [0.5, 0.6) is 0 Å². The van der Waals surface area contributed by atoms with Gasteiger partial charge in [0.25, 0.3) is 0 Å². The molecular formula is C16H18N2O2. The average molecular weight is 270 g/mol. The first-order valence-corrected chi connectivity index (χ1v) is 6.44. The molecule has 0 aliphatic rings. The predicted molar refractivity (Wildman–Crippen MR) is 79.2 cm³/mol. The lowest BCUT2D eigenvalue weighted by molar-refractivity contribution is 0.0690. The van der Waals surface area contributed by atoms with E-state index in [0.717, 1.165) is 11.3 Å². The third-order valence-corrected chi connectivity index (χ3v) is 3.23. The van der Waals surface area contributed by atoms with Crippen LogP contribution in [0.4, 0.5) is 5.69 Å². The highest BCUT2D eigenvalue weighted by Gasteiger charge is 2.08. The topological polar surface area (TPSA) is 53.4 Å². The second-order valence-corrected chi connectivity index (χ2v) is 5.00. The van der Waals surface area contributed by atoms with E-state index in [0.29, 0.717) is 6.54 Å². The molecule has 0 aliphatic heterocycles. The molecule has 2 aromatic rings. The van der Waals surface area contributed by atoms with Crippen molar-refractivity contribution in [2.45, 2.75) is 20.4 Å². The summed E-state index contributed by atoms with van der Waals surface area (Å²) >= 11 is 0. The van der Waals surface area contributed by atoms with Crippen LogP contribution in [0, 0.1) is 13.8 Å². The van der Waals surface area contributed by atoms with Gasteiger partial charge in [-0.3, -0.25) is 0 Å². The summed E-state index contributed by atoms with van der Waals surface area (Å²) in [6.45, 7) is 4.79. The van der Waals surface area contributed by atoms with Gasteiger partial charge < -0.3 is 10.0 Å². The van der Waals surface area contributed by atoms with Gasteiger partial charge in [-0.05, 0) is 43.2 Å². The number of aryl methyl sites for hydroxylation is 2. The van der Waals surface area contributed by atoms with Crippen molar-refractivity contribution in [1.29, 1.82) is 0 Å². The third-order valence-electron chi connectivity index (χ3n) is 3.23. The molecule has 1 N–H and O–H groups in total. The Bertz CT molecular complexity index is 638. The summed E-state index contributed by atoms with van der Waals surface area (Å²) in [4.78, 5) is 16.9. The van der Waals surface area contributed by atoms with Crippen LogP contribution in [0.3, 0.4) is 0 Å². The number of pyridine rings is 1. The molecule has 0 fully saturated rings. The van der Waals surface area contributed by atoms with Crippen LogP contribution in [0.2, 0.25) is 0 Å². The van der Waals surface area contributed by atoms with Crippen molar-refractivity contribution in [3.63, 3.8) is 0 Å². The molecule has 0 radical (unpaired) electrons. The molecule has 0 aliphatic carbocycles. The van der Waals surface area contributed by atoms with E-state index < -0.39 is 5.97 Å². The van der Waals surface area contributed by atoms with Crippen LogP contribution in [-0.2, 0) is 6.54 Å². The van der Waals surface area contributed by atoms with Gasteiger partial charge in [0.15, 0.2) is 0 Å². The van der Waals surface area contributed by atoms with Gasteiger partial charge in [0.1, 0.15) is 5.69 Å². The normalized spacial score (nSPS) is 10.3. The number of rotatable bonds is 4. The predicted octanol–water partition coefficient (Wildman–Crippen LogP) is 3.03. The highest BCUT2D eigenvalue weighted by molar-refractivity contribution is 5.85. The molecule has 2 rings (SSSR count). The summed E-state index contributed by atoms with van der Waals surface area (Å²) in [7, 11) is 2.00. The lowest BCUT2D eigenvalue weighted by Crippen LogP contribution is -2.18. The number of aromatic nitrogens is 1. The minimum absolute atomic E-state index is 0.0801. The van der Waals surface area contributed by atoms with E-state index in [1.807, 2.05) is 13.1 Å². The molecule has 20 heavy (non-hydrogen) atoms. The van der Waals surface area contributed by atoms with Gasteiger partial charge in [0, 0.05) is 25.5 Å². The standard InChI is InChI=1S/C16H18N2O2/c1-11-4-5-15(12(2)8-11)18(3)10-13-6-7-17-14(9-13)16(19)20/h4-9H,10H2,1-3H3,(H,19,20). The van der Waals surface area contributed by atoms with Crippen LogP contribution in [-0.4, -0.2) is 23.1 Å². The Balaban J connectivity index is 2.21. The highest BCUT2D eigenvalue weighted by atomic mass is 16.4. The largest absolute Gasteiger partial charge is 0.477 e. The van der Waals surface area contributed by atoms with Crippen LogP contribution in [0.1, 0.15) is 27.2 Å². The molecule has 0 unspecified atom stereocenters. The van der Waals surface area contributed by atoms with Crippen molar-refractivity contribution < 1.29 is 9.90 Å². The molecule has 104 valence electrons. The first-order valence-electron chi connectivity index (χ1n) is 6.44. The van der Waals surface area contributed by atoms with Crippen molar-refractivity contribution in [3.05, 3.63) is 58.9 Å². The Morgan fingerprint density at radius 2 is 2.00 bits per heavy atom. The summed E-state index contributed by atoms with van der Waals surface area (Å²) in [6.07, 6.45) is 1.54. The van der Waals surface area contributed by atoms with Gasteiger partial charge in [0.2, 0.25) is 0 Å². The van der Waals surface area contributed by atoms with E-state index in [1.54, 1.807) is 6.07 Å². The number of carboxylic acid groups (broad SMARTS) is 1. The number of nitrogens with zero attached hydrogens (tertiary/aromatic N) is 2. The van der Waals surface area contributed by atoms with Crippen molar-refractivity contribution >= 4 is 11.7 Å². The van der Waals surface area contributed by atoms with Gasteiger partial charge in [-0.1, -0.05) is 17.7 Å². The molecule has 1 aromatic carbocycles. The Kier molecular flexibility index (Phi) is 4.03. The zero-order valence-electron chi connectivity index (χ0n) is 11.9.